The van der Waals surface area contributed by atoms with Gasteiger partial charge in [-0.2, -0.15) is 0 Å². The molecule has 1 amide bonds. The van der Waals surface area contributed by atoms with Gasteiger partial charge >= 0.3 is 0 Å². The number of hydrogen-bond acceptors (Lipinski definition) is 5. The van der Waals surface area contributed by atoms with E-state index in [1.54, 1.807) is 17.8 Å². The molecule has 1 saturated heterocycles. The molecule has 0 radical (unpaired) electrons. The second-order valence-electron chi connectivity index (χ2n) is 6.15. The van der Waals surface area contributed by atoms with Crippen LogP contribution in [0.5, 0.6) is 0 Å². The summed E-state index contributed by atoms with van der Waals surface area (Å²) < 4.78 is 7.79. The number of ether oxygens (including phenoxy) is 1. The predicted octanol–water partition coefficient (Wildman–Crippen LogP) is 3.47. The van der Waals surface area contributed by atoms with Gasteiger partial charge in [0.1, 0.15) is 5.82 Å². The van der Waals surface area contributed by atoms with E-state index in [1.165, 1.54) is 0 Å². The van der Waals surface area contributed by atoms with Gasteiger partial charge in [-0.3, -0.25) is 4.79 Å². The van der Waals surface area contributed by atoms with Gasteiger partial charge in [0.25, 0.3) is 0 Å². The first-order valence-electron chi connectivity index (χ1n) is 8.41. The lowest BCUT2D eigenvalue weighted by atomic mass is 10.2. The van der Waals surface area contributed by atoms with E-state index >= 15 is 0 Å². The van der Waals surface area contributed by atoms with Crippen molar-refractivity contribution in [3.05, 3.63) is 39.6 Å². The van der Waals surface area contributed by atoms with Crippen molar-refractivity contribution in [1.82, 2.24) is 14.8 Å². The molecule has 1 fully saturated rings. The maximum atomic E-state index is 11.1. The third-order valence-corrected chi connectivity index (χ3v) is 5.93. The molecule has 6 nitrogen and oxygen atoms in total. The number of primary amides is 1. The smallest absolute Gasteiger partial charge is 0.217 e. The van der Waals surface area contributed by atoms with Crippen LogP contribution >= 0.6 is 35.0 Å². The first kappa shape index (κ1) is 19.5. The van der Waals surface area contributed by atoms with Crippen molar-refractivity contribution in [3.63, 3.8) is 0 Å². The predicted molar refractivity (Wildman–Crippen MR) is 103 cm³/mol. The van der Waals surface area contributed by atoms with Gasteiger partial charge in [-0.05, 0) is 30.5 Å². The third kappa shape index (κ3) is 5.13. The second kappa shape index (κ2) is 9.08. The minimum absolute atomic E-state index is 0.155. The van der Waals surface area contributed by atoms with Crippen molar-refractivity contribution in [3.8, 4) is 0 Å². The number of benzene rings is 1. The maximum Gasteiger partial charge on any atom is 0.217 e. The van der Waals surface area contributed by atoms with E-state index in [4.69, 9.17) is 33.7 Å². The Labute approximate surface area is 166 Å². The van der Waals surface area contributed by atoms with Gasteiger partial charge in [-0.1, -0.05) is 41.0 Å². The average Bonchev–Trinajstić information content (AvgIpc) is 3.25. The quantitative estimate of drug-likeness (QED) is 0.668. The van der Waals surface area contributed by atoms with Crippen molar-refractivity contribution < 1.29 is 9.53 Å². The Balaban J connectivity index is 1.73. The Bertz CT molecular complexity index is 778. The van der Waals surface area contributed by atoms with Crippen LogP contribution in [0.25, 0.3) is 0 Å². The van der Waals surface area contributed by atoms with Gasteiger partial charge < -0.3 is 15.0 Å². The van der Waals surface area contributed by atoms with Crippen molar-refractivity contribution in [1.29, 1.82) is 0 Å². The van der Waals surface area contributed by atoms with E-state index < -0.39 is 0 Å². The van der Waals surface area contributed by atoms with Crippen molar-refractivity contribution in [2.45, 2.75) is 49.2 Å². The topological polar surface area (TPSA) is 83.0 Å². The Morgan fingerprint density at radius 2 is 2.19 bits per heavy atom. The van der Waals surface area contributed by atoms with Crippen LogP contribution in [0.15, 0.2) is 23.4 Å². The normalized spacial score (nSPS) is 16.9. The zero-order valence-electron chi connectivity index (χ0n) is 14.2. The maximum absolute atomic E-state index is 11.1. The third-order valence-electron chi connectivity index (χ3n) is 4.15. The molecule has 1 aromatic heterocycles. The molecule has 1 aromatic carbocycles. The number of aryl methyl sites for hydroxylation is 1. The summed E-state index contributed by atoms with van der Waals surface area (Å²) in [7, 11) is 0. The number of hydrogen-bond donors (Lipinski definition) is 1. The van der Waals surface area contributed by atoms with Crippen LogP contribution < -0.4 is 5.73 Å². The van der Waals surface area contributed by atoms with Crippen molar-refractivity contribution in [2.24, 2.45) is 5.73 Å². The van der Waals surface area contributed by atoms with E-state index in [-0.39, 0.29) is 18.4 Å². The van der Waals surface area contributed by atoms with Crippen LogP contribution in [0, 0.1) is 0 Å². The molecular formula is C17H20Cl2N4O2S. The molecule has 1 atom stereocenters. The van der Waals surface area contributed by atoms with E-state index in [0.29, 0.717) is 28.8 Å². The minimum atomic E-state index is -0.346. The molecule has 0 spiro atoms. The molecule has 140 valence electrons. The van der Waals surface area contributed by atoms with Crippen molar-refractivity contribution in [2.75, 3.05) is 6.61 Å². The molecule has 2 N–H and O–H groups in total. The van der Waals surface area contributed by atoms with Crippen molar-refractivity contribution >= 4 is 40.9 Å². The number of carbonyl (C=O) groups excluding carboxylic acids is 1. The minimum Gasteiger partial charge on any atom is -0.376 e. The van der Waals surface area contributed by atoms with Gasteiger partial charge in [-0.15, -0.1) is 10.2 Å². The summed E-state index contributed by atoms with van der Waals surface area (Å²) >= 11 is 13.6. The average molecular weight is 415 g/mol. The fraction of sp³-hybridized carbons (Fsp3) is 0.471. The highest BCUT2D eigenvalue weighted by Crippen LogP contribution is 2.28. The molecule has 1 aliphatic rings. The zero-order valence-corrected chi connectivity index (χ0v) is 16.5. The van der Waals surface area contributed by atoms with Gasteiger partial charge in [-0.25, -0.2) is 0 Å². The van der Waals surface area contributed by atoms with Crippen LogP contribution in [0.1, 0.15) is 30.7 Å². The number of rotatable bonds is 8. The highest BCUT2D eigenvalue weighted by atomic mass is 35.5. The summed E-state index contributed by atoms with van der Waals surface area (Å²) in [5.74, 6) is 1.11. The summed E-state index contributed by atoms with van der Waals surface area (Å²) in [6, 6.07) is 5.58. The number of aromatic nitrogens is 3. The molecule has 0 bridgehead atoms. The van der Waals surface area contributed by atoms with E-state index in [0.717, 1.165) is 36.0 Å². The first-order valence-corrected chi connectivity index (χ1v) is 10.2. The lowest BCUT2D eigenvalue weighted by Crippen LogP contribution is -2.19. The molecule has 2 heterocycles. The molecule has 9 heteroatoms. The molecule has 2 aromatic rings. The van der Waals surface area contributed by atoms with E-state index in [2.05, 4.69) is 10.2 Å². The summed E-state index contributed by atoms with van der Waals surface area (Å²) in [4.78, 5) is 11.1. The lowest BCUT2D eigenvalue weighted by Gasteiger charge is -2.14. The van der Waals surface area contributed by atoms with Crippen LogP contribution in [0.3, 0.4) is 0 Å². The summed E-state index contributed by atoms with van der Waals surface area (Å²) in [5.41, 5.74) is 6.32. The highest BCUT2D eigenvalue weighted by Gasteiger charge is 2.21. The SMILES string of the molecule is NC(=O)CCc1nnc(SCc2ccc(Cl)c(Cl)c2)n1CC1CCCO1. The molecule has 3 rings (SSSR count). The number of thioether (sulfide) groups is 1. The number of carbonyl (C=O) groups is 1. The molecule has 26 heavy (non-hydrogen) atoms. The van der Waals surface area contributed by atoms with Crippen LogP contribution in [-0.2, 0) is 28.2 Å². The molecular weight excluding hydrogens is 395 g/mol. The summed E-state index contributed by atoms with van der Waals surface area (Å²) in [5, 5.41) is 10.4. The number of nitrogens with two attached hydrogens (primary N) is 1. The molecule has 0 saturated carbocycles. The molecule has 0 aliphatic carbocycles. The zero-order chi connectivity index (χ0) is 18.5. The lowest BCUT2D eigenvalue weighted by molar-refractivity contribution is -0.118. The molecule has 1 unspecified atom stereocenters. The van der Waals surface area contributed by atoms with Crippen LogP contribution in [-0.4, -0.2) is 33.4 Å². The highest BCUT2D eigenvalue weighted by molar-refractivity contribution is 7.98. The monoisotopic (exact) mass is 414 g/mol. The summed E-state index contributed by atoms with van der Waals surface area (Å²) in [6.45, 7) is 1.47. The van der Waals surface area contributed by atoms with Gasteiger partial charge in [0, 0.05) is 25.2 Å². The fourth-order valence-electron chi connectivity index (χ4n) is 2.80. The van der Waals surface area contributed by atoms with Crippen LogP contribution in [0.4, 0.5) is 0 Å². The standard InChI is InChI=1S/C17H20Cl2N4O2S/c18-13-4-3-11(8-14(13)19)10-26-17-22-21-16(6-5-15(20)24)23(17)9-12-2-1-7-25-12/h3-4,8,12H,1-2,5-7,9-10H2,(H2,20,24). The molecule has 1 aliphatic heterocycles. The Morgan fingerprint density at radius 3 is 2.88 bits per heavy atom. The van der Waals surface area contributed by atoms with Crippen LogP contribution in [0.2, 0.25) is 10.0 Å². The Morgan fingerprint density at radius 1 is 1.35 bits per heavy atom. The summed E-state index contributed by atoms with van der Waals surface area (Å²) in [6.07, 6.45) is 2.96. The fourth-order valence-corrected chi connectivity index (χ4v) is 4.03. The van der Waals surface area contributed by atoms with Gasteiger partial charge in [0.2, 0.25) is 5.91 Å². The van der Waals surface area contributed by atoms with E-state index in [1.807, 2.05) is 16.7 Å². The largest absolute Gasteiger partial charge is 0.376 e. The van der Waals surface area contributed by atoms with E-state index in [9.17, 15) is 4.79 Å². The number of nitrogens with zero attached hydrogens (tertiary/aromatic N) is 3. The first-order chi connectivity index (χ1) is 12.5. The Hall–Kier alpha value is -1.28. The Kier molecular flexibility index (Phi) is 6.80. The van der Waals surface area contributed by atoms with Gasteiger partial charge in [0.05, 0.1) is 22.7 Å². The van der Waals surface area contributed by atoms with Gasteiger partial charge in [0.15, 0.2) is 5.16 Å². The second-order valence-corrected chi connectivity index (χ2v) is 7.90. The number of halogens is 2. The number of amides is 1.